The van der Waals surface area contributed by atoms with Crippen LogP contribution >= 0.6 is 24.0 Å². The lowest BCUT2D eigenvalue weighted by Gasteiger charge is -1.92. The highest BCUT2D eigenvalue weighted by Gasteiger charge is 2.28. The molecule has 1 heterocycles. The number of nitro groups is 1. The van der Waals surface area contributed by atoms with Crippen LogP contribution in [0.25, 0.3) is 0 Å². The smallest absolute Gasteiger partial charge is 0.281 e. The van der Waals surface area contributed by atoms with Crippen molar-refractivity contribution in [2.75, 3.05) is 6.54 Å². The Balaban J connectivity index is 2.48. The van der Waals surface area contributed by atoms with E-state index in [0.717, 1.165) is 11.8 Å². The molecule has 0 amide bonds. The third kappa shape index (κ3) is 1.52. The fraction of sp³-hybridized carbons (Fsp3) is 0.667. The van der Waals surface area contributed by atoms with Crippen LogP contribution in [0.1, 0.15) is 0 Å². The van der Waals surface area contributed by atoms with Gasteiger partial charge in [-0.3, -0.25) is 10.1 Å². The second kappa shape index (κ2) is 2.49. The summed E-state index contributed by atoms with van der Waals surface area (Å²) in [5.41, 5.74) is 0. The zero-order chi connectivity index (χ0) is 6.85. The molecule has 1 N–H and O–H groups in total. The first-order valence-electron chi connectivity index (χ1n) is 2.28. The number of rotatable bonds is 1. The summed E-state index contributed by atoms with van der Waals surface area (Å²) in [6.07, 6.45) is 0. The van der Waals surface area contributed by atoms with Crippen LogP contribution in [0.2, 0.25) is 0 Å². The average Bonchev–Trinajstić information content (AvgIpc) is 2.14. The van der Waals surface area contributed by atoms with Gasteiger partial charge in [-0.15, -0.1) is 0 Å². The summed E-state index contributed by atoms with van der Waals surface area (Å²) in [6.45, 7) is 0.358. The Kier molecular flexibility index (Phi) is 1.87. The van der Waals surface area contributed by atoms with Gasteiger partial charge in [0.15, 0.2) is 0 Å². The van der Waals surface area contributed by atoms with Gasteiger partial charge in [-0.05, 0) is 11.8 Å². The summed E-state index contributed by atoms with van der Waals surface area (Å²) in [5.74, 6) is 0. The number of thiocarbonyl (C=S) groups is 1. The van der Waals surface area contributed by atoms with E-state index in [1.807, 2.05) is 0 Å². The largest absolute Gasteiger partial charge is 0.363 e. The molecule has 0 spiro atoms. The van der Waals surface area contributed by atoms with Gasteiger partial charge in [-0.25, -0.2) is 0 Å². The molecule has 1 aliphatic rings. The predicted molar refractivity (Wildman–Crippen MR) is 39.0 cm³/mol. The highest BCUT2D eigenvalue weighted by Crippen LogP contribution is 2.17. The summed E-state index contributed by atoms with van der Waals surface area (Å²) in [5, 5.41) is 12.2. The Hall–Kier alpha value is -0.360. The van der Waals surface area contributed by atoms with E-state index in [9.17, 15) is 10.1 Å². The monoisotopic (exact) mass is 164 g/mol. The van der Waals surface area contributed by atoms with Gasteiger partial charge in [-0.2, -0.15) is 0 Å². The van der Waals surface area contributed by atoms with Gasteiger partial charge in [0.1, 0.15) is 4.32 Å². The molecule has 0 aliphatic carbocycles. The first-order valence-corrected chi connectivity index (χ1v) is 3.57. The molecule has 6 heteroatoms. The first-order chi connectivity index (χ1) is 4.20. The van der Waals surface area contributed by atoms with Crippen LogP contribution in [0.15, 0.2) is 0 Å². The Morgan fingerprint density at radius 3 is 2.89 bits per heavy atom. The van der Waals surface area contributed by atoms with Crippen molar-refractivity contribution in [3.63, 3.8) is 0 Å². The molecule has 0 saturated carbocycles. The van der Waals surface area contributed by atoms with E-state index in [1.165, 1.54) is 0 Å². The normalized spacial score (nSPS) is 25.8. The molecule has 1 rings (SSSR count). The minimum Gasteiger partial charge on any atom is -0.363 e. The number of nitrogens with zero attached hydrogens (tertiary/aromatic N) is 1. The first kappa shape index (κ1) is 6.76. The van der Waals surface area contributed by atoms with Gasteiger partial charge >= 0.3 is 0 Å². The van der Waals surface area contributed by atoms with Crippen LogP contribution in [0.4, 0.5) is 0 Å². The maximum Gasteiger partial charge on any atom is 0.281 e. The van der Waals surface area contributed by atoms with Crippen molar-refractivity contribution in [1.82, 2.24) is 5.32 Å². The summed E-state index contributed by atoms with van der Waals surface area (Å²) in [4.78, 5) is 9.70. The summed E-state index contributed by atoms with van der Waals surface area (Å²) >= 11 is 5.76. The van der Waals surface area contributed by atoms with Gasteiger partial charge in [0.2, 0.25) is 0 Å². The van der Waals surface area contributed by atoms with Crippen LogP contribution in [0.5, 0.6) is 0 Å². The van der Waals surface area contributed by atoms with Gasteiger partial charge < -0.3 is 5.32 Å². The standard InChI is InChI=1S/C3H4N2O2S2/c6-5(7)2-1-4-3(8)9-2/h2H,1H2,(H,4,8). The summed E-state index contributed by atoms with van der Waals surface area (Å²) in [6, 6.07) is 0. The van der Waals surface area contributed by atoms with Crippen molar-refractivity contribution in [1.29, 1.82) is 0 Å². The maximum atomic E-state index is 10.0. The van der Waals surface area contributed by atoms with E-state index in [0.29, 0.717) is 10.9 Å². The van der Waals surface area contributed by atoms with E-state index in [1.54, 1.807) is 0 Å². The molecule has 9 heavy (non-hydrogen) atoms. The molecule has 4 nitrogen and oxygen atoms in total. The molecule has 1 saturated heterocycles. The SMILES string of the molecule is O=[N+]([O-])C1CNC(=S)S1. The minimum absolute atomic E-state index is 0.336. The number of thioether (sulfide) groups is 1. The Morgan fingerprint density at radius 1 is 2.00 bits per heavy atom. The second-order valence-corrected chi connectivity index (χ2v) is 3.38. The van der Waals surface area contributed by atoms with Crippen molar-refractivity contribution in [2.24, 2.45) is 0 Å². The molecule has 0 aromatic rings. The van der Waals surface area contributed by atoms with E-state index in [2.05, 4.69) is 17.5 Å². The van der Waals surface area contributed by atoms with Crippen molar-refractivity contribution < 1.29 is 4.92 Å². The second-order valence-electron chi connectivity index (χ2n) is 1.53. The van der Waals surface area contributed by atoms with Crippen LogP contribution < -0.4 is 5.32 Å². The minimum atomic E-state index is -0.572. The Bertz CT molecular complexity index is 160. The third-order valence-electron chi connectivity index (χ3n) is 0.899. The molecule has 1 unspecified atom stereocenters. The Morgan fingerprint density at radius 2 is 2.67 bits per heavy atom. The lowest BCUT2D eigenvalue weighted by molar-refractivity contribution is -0.491. The maximum absolute atomic E-state index is 10.0. The molecule has 0 aromatic carbocycles. The number of hydrogen-bond acceptors (Lipinski definition) is 4. The average molecular weight is 164 g/mol. The van der Waals surface area contributed by atoms with Gasteiger partial charge in [0, 0.05) is 4.92 Å². The van der Waals surface area contributed by atoms with E-state index in [4.69, 9.17) is 0 Å². The van der Waals surface area contributed by atoms with Crippen molar-refractivity contribution >= 4 is 28.3 Å². The summed E-state index contributed by atoms with van der Waals surface area (Å²) in [7, 11) is 0. The van der Waals surface area contributed by atoms with Crippen molar-refractivity contribution in [3.05, 3.63) is 10.1 Å². The fourth-order valence-electron chi connectivity index (χ4n) is 0.495. The van der Waals surface area contributed by atoms with E-state index < -0.39 is 5.37 Å². The van der Waals surface area contributed by atoms with Gasteiger partial charge in [-0.1, -0.05) is 12.2 Å². The molecular formula is C3H4N2O2S2. The van der Waals surface area contributed by atoms with Crippen LogP contribution in [0, 0.1) is 10.1 Å². The fourth-order valence-corrected chi connectivity index (χ4v) is 1.58. The van der Waals surface area contributed by atoms with Crippen LogP contribution in [-0.4, -0.2) is 21.2 Å². The zero-order valence-electron chi connectivity index (χ0n) is 4.36. The van der Waals surface area contributed by atoms with Gasteiger partial charge in [0.05, 0.1) is 6.54 Å². The highest BCUT2D eigenvalue weighted by atomic mass is 32.2. The molecule has 50 valence electrons. The lowest BCUT2D eigenvalue weighted by atomic mass is 10.6. The highest BCUT2D eigenvalue weighted by molar-refractivity contribution is 8.23. The molecule has 1 fully saturated rings. The lowest BCUT2D eigenvalue weighted by Crippen LogP contribution is -2.20. The number of hydrogen-bond donors (Lipinski definition) is 1. The van der Waals surface area contributed by atoms with Crippen LogP contribution in [0.3, 0.4) is 0 Å². The topological polar surface area (TPSA) is 55.2 Å². The van der Waals surface area contributed by atoms with E-state index >= 15 is 0 Å². The van der Waals surface area contributed by atoms with Crippen LogP contribution in [-0.2, 0) is 0 Å². The van der Waals surface area contributed by atoms with Crippen molar-refractivity contribution in [2.45, 2.75) is 5.37 Å². The number of nitrogens with one attached hydrogen (secondary N) is 1. The van der Waals surface area contributed by atoms with Gasteiger partial charge in [0.25, 0.3) is 5.37 Å². The molecule has 0 radical (unpaired) electrons. The molecule has 1 atom stereocenters. The molecule has 1 aliphatic heterocycles. The molecule has 0 bridgehead atoms. The zero-order valence-corrected chi connectivity index (χ0v) is 6.00. The molecule has 0 aromatic heterocycles. The predicted octanol–water partition coefficient (Wildman–Crippen LogP) is 0.210. The summed E-state index contributed by atoms with van der Waals surface area (Å²) < 4.78 is 0.525. The van der Waals surface area contributed by atoms with Crippen molar-refractivity contribution in [3.8, 4) is 0 Å². The Labute approximate surface area is 61.1 Å². The third-order valence-corrected chi connectivity index (χ3v) is 2.30. The quantitative estimate of drug-likeness (QED) is 0.341. The van der Waals surface area contributed by atoms with E-state index in [-0.39, 0.29) is 4.92 Å². The molecular weight excluding hydrogens is 160 g/mol.